The van der Waals surface area contributed by atoms with Crippen molar-refractivity contribution in [1.82, 2.24) is 4.90 Å². The Bertz CT molecular complexity index is 785. The third-order valence-corrected chi connectivity index (χ3v) is 4.76. The molecular formula is C18H20N2O4S. The zero-order valence-corrected chi connectivity index (χ0v) is 15.4. The Labute approximate surface area is 151 Å². The largest absolute Gasteiger partial charge is 0.493 e. The lowest BCUT2D eigenvalue weighted by Gasteiger charge is -2.32. The van der Waals surface area contributed by atoms with Gasteiger partial charge in [-0.3, -0.25) is 0 Å². The smallest absolute Gasteiger partial charge is 0.355 e. The number of ether oxygens (including phenoxy) is 3. The molecule has 0 aromatic heterocycles. The zero-order valence-electron chi connectivity index (χ0n) is 14.6. The van der Waals surface area contributed by atoms with Crippen LogP contribution in [0.2, 0.25) is 0 Å². The van der Waals surface area contributed by atoms with Gasteiger partial charge in [-0.1, -0.05) is 17.8 Å². The molecule has 6 nitrogen and oxygen atoms in total. The van der Waals surface area contributed by atoms with Crippen LogP contribution in [0.4, 0.5) is 0 Å². The lowest BCUT2D eigenvalue weighted by Crippen LogP contribution is -2.34. The maximum Gasteiger partial charge on any atom is 0.355 e. The molecule has 2 aliphatic rings. The molecule has 132 valence electrons. The van der Waals surface area contributed by atoms with Crippen LogP contribution >= 0.6 is 11.8 Å². The SMILES string of the molecule is CCOC(=O)C1=CSC2=NC(C)=CC(c3ccc(OC)c(OC)c3)N12. The molecular weight excluding hydrogens is 340 g/mol. The molecule has 7 heteroatoms. The Morgan fingerprint density at radius 3 is 2.72 bits per heavy atom. The van der Waals surface area contributed by atoms with Crippen molar-refractivity contribution in [2.75, 3.05) is 20.8 Å². The molecule has 2 heterocycles. The number of allylic oxidation sites excluding steroid dienone is 1. The van der Waals surface area contributed by atoms with Crippen molar-refractivity contribution in [1.29, 1.82) is 0 Å². The minimum atomic E-state index is -0.348. The summed E-state index contributed by atoms with van der Waals surface area (Å²) >= 11 is 1.42. The maximum atomic E-state index is 12.3. The first-order valence-electron chi connectivity index (χ1n) is 7.91. The highest BCUT2D eigenvalue weighted by molar-refractivity contribution is 8.16. The number of fused-ring (bicyclic) bond motifs is 1. The van der Waals surface area contributed by atoms with E-state index in [0.717, 1.165) is 16.4 Å². The van der Waals surface area contributed by atoms with E-state index in [1.165, 1.54) is 11.8 Å². The number of aliphatic imine (C=N–C) groups is 1. The van der Waals surface area contributed by atoms with Gasteiger partial charge in [0, 0.05) is 11.1 Å². The van der Waals surface area contributed by atoms with Crippen molar-refractivity contribution in [3.05, 3.63) is 46.6 Å². The van der Waals surface area contributed by atoms with Gasteiger partial charge in [-0.05, 0) is 37.6 Å². The lowest BCUT2D eigenvalue weighted by atomic mass is 10.0. The van der Waals surface area contributed by atoms with Crippen molar-refractivity contribution in [3.8, 4) is 11.5 Å². The van der Waals surface area contributed by atoms with Gasteiger partial charge in [0.15, 0.2) is 16.7 Å². The van der Waals surface area contributed by atoms with Crippen LogP contribution in [0.15, 0.2) is 46.1 Å². The molecule has 2 aliphatic heterocycles. The van der Waals surface area contributed by atoms with Gasteiger partial charge >= 0.3 is 5.97 Å². The number of hydrogen-bond donors (Lipinski definition) is 0. The fraction of sp³-hybridized carbons (Fsp3) is 0.333. The number of carbonyl (C=O) groups is 1. The fourth-order valence-corrected chi connectivity index (χ4v) is 3.75. The molecule has 0 radical (unpaired) electrons. The average Bonchev–Trinajstić information content (AvgIpc) is 3.04. The number of methoxy groups -OCH3 is 2. The minimum Gasteiger partial charge on any atom is -0.493 e. The molecule has 0 bridgehead atoms. The summed E-state index contributed by atoms with van der Waals surface area (Å²) in [4.78, 5) is 18.8. The summed E-state index contributed by atoms with van der Waals surface area (Å²) < 4.78 is 15.9. The summed E-state index contributed by atoms with van der Waals surface area (Å²) in [5, 5.41) is 2.56. The standard InChI is InChI=1S/C18H20N2O4S/c1-5-24-17(21)14-10-25-18-19-11(2)8-13(20(14)18)12-6-7-15(22-3)16(9-12)23-4/h6-10,13H,5H2,1-4H3. The van der Waals surface area contributed by atoms with Crippen LogP contribution in [0.3, 0.4) is 0 Å². The molecule has 0 aliphatic carbocycles. The highest BCUT2D eigenvalue weighted by Gasteiger charge is 2.36. The molecule has 0 amide bonds. The monoisotopic (exact) mass is 360 g/mol. The van der Waals surface area contributed by atoms with Crippen molar-refractivity contribution >= 4 is 22.9 Å². The number of thioether (sulfide) groups is 1. The van der Waals surface area contributed by atoms with Crippen molar-refractivity contribution < 1.29 is 19.0 Å². The summed E-state index contributed by atoms with van der Waals surface area (Å²) in [6, 6.07) is 5.57. The second-order valence-corrected chi connectivity index (χ2v) is 6.31. The van der Waals surface area contributed by atoms with E-state index in [0.29, 0.717) is 23.8 Å². The third-order valence-electron chi connectivity index (χ3n) is 3.92. The Hall–Kier alpha value is -2.41. The Kier molecular flexibility index (Phi) is 5.03. The number of amidine groups is 1. The predicted molar refractivity (Wildman–Crippen MR) is 97.6 cm³/mol. The molecule has 25 heavy (non-hydrogen) atoms. The summed E-state index contributed by atoms with van der Waals surface area (Å²) in [5.74, 6) is 0.955. The first kappa shape index (κ1) is 17.4. The molecule has 0 spiro atoms. The second-order valence-electron chi connectivity index (χ2n) is 5.47. The van der Waals surface area contributed by atoms with Gasteiger partial charge in [-0.2, -0.15) is 0 Å². The Morgan fingerprint density at radius 1 is 1.28 bits per heavy atom. The molecule has 0 fully saturated rings. The number of hydrogen-bond acceptors (Lipinski definition) is 7. The summed E-state index contributed by atoms with van der Waals surface area (Å²) in [6.07, 6.45) is 2.02. The van der Waals surface area contributed by atoms with Crippen LogP contribution in [-0.4, -0.2) is 36.9 Å². The van der Waals surface area contributed by atoms with Crippen LogP contribution in [0, 0.1) is 0 Å². The highest BCUT2D eigenvalue weighted by atomic mass is 32.2. The number of carbonyl (C=O) groups excluding carboxylic acids is 1. The number of rotatable bonds is 5. The van der Waals surface area contributed by atoms with Crippen molar-refractivity contribution in [2.45, 2.75) is 19.9 Å². The minimum absolute atomic E-state index is 0.169. The molecule has 1 aromatic carbocycles. The zero-order chi connectivity index (χ0) is 18.0. The molecule has 0 saturated heterocycles. The lowest BCUT2D eigenvalue weighted by molar-refractivity contribution is -0.139. The van der Waals surface area contributed by atoms with Crippen LogP contribution < -0.4 is 9.47 Å². The van der Waals surface area contributed by atoms with E-state index in [1.807, 2.05) is 36.1 Å². The van der Waals surface area contributed by atoms with Crippen LogP contribution in [-0.2, 0) is 9.53 Å². The van der Waals surface area contributed by atoms with E-state index < -0.39 is 0 Å². The van der Waals surface area contributed by atoms with Gasteiger partial charge in [0.05, 0.1) is 26.9 Å². The van der Waals surface area contributed by atoms with Crippen LogP contribution in [0.5, 0.6) is 11.5 Å². The number of nitrogens with zero attached hydrogens (tertiary/aromatic N) is 2. The summed E-state index contributed by atoms with van der Waals surface area (Å²) in [5.41, 5.74) is 2.37. The van der Waals surface area contributed by atoms with Gasteiger partial charge in [0.1, 0.15) is 5.70 Å². The van der Waals surface area contributed by atoms with Crippen molar-refractivity contribution in [3.63, 3.8) is 0 Å². The summed E-state index contributed by atoms with van der Waals surface area (Å²) in [7, 11) is 3.21. The normalized spacial score (nSPS) is 18.8. The average molecular weight is 360 g/mol. The van der Waals surface area contributed by atoms with E-state index in [9.17, 15) is 4.79 Å². The molecule has 0 saturated carbocycles. The van der Waals surface area contributed by atoms with Gasteiger partial charge in [-0.25, -0.2) is 9.79 Å². The third kappa shape index (κ3) is 3.24. The Balaban J connectivity index is 2.00. The van der Waals surface area contributed by atoms with Gasteiger partial charge in [-0.15, -0.1) is 0 Å². The van der Waals surface area contributed by atoms with Gasteiger partial charge in [0.2, 0.25) is 0 Å². The first-order valence-corrected chi connectivity index (χ1v) is 8.79. The van der Waals surface area contributed by atoms with Gasteiger partial charge in [0.25, 0.3) is 0 Å². The maximum absolute atomic E-state index is 12.3. The molecule has 1 aromatic rings. The first-order chi connectivity index (χ1) is 12.1. The van der Waals surface area contributed by atoms with Crippen LogP contribution in [0.25, 0.3) is 0 Å². The number of esters is 1. The van der Waals surface area contributed by atoms with E-state index in [-0.39, 0.29) is 12.0 Å². The molecule has 1 atom stereocenters. The van der Waals surface area contributed by atoms with E-state index >= 15 is 0 Å². The van der Waals surface area contributed by atoms with Crippen molar-refractivity contribution in [2.24, 2.45) is 4.99 Å². The van der Waals surface area contributed by atoms with Gasteiger partial charge < -0.3 is 19.1 Å². The Morgan fingerprint density at radius 2 is 2.04 bits per heavy atom. The van der Waals surface area contributed by atoms with E-state index in [2.05, 4.69) is 4.99 Å². The van der Waals surface area contributed by atoms with Crippen LogP contribution in [0.1, 0.15) is 25.5 Å². The highest BCUT2D eigenvalue weighted by Crippen LogP contribution is 2.41. The number of benzene rings is 1. The predicted octanol–water partition coefficient (Wildman–Crippen LogP) is 3.47. The van der Waals surface area contributed by atoms with E-state index in [1.54, 1.807) is 26.6 Å². The van der Waals surface area contributed by atoms with E-state index in [4.69, 9.17) is 14.2 Å². The topological polar surface area (TPSA) is 60.4 Å². The molecule has 3 rings (SSSR count). The second kappa shape index (κ2) is 7.23. The quantitative estimate of drug-likeness (QED) is 0.750. The summed E-state index contributed by atoms with van der Waals surface area (Å²) in [6.45, 7) is 4.07. The molecule has 1 unspecified atom stereocenters. The molecule has 0 N–H and O–H groups in total. The fourth-order valence-electron chi connectivity index (χ4n) is 2.80.